The molecule has 0 saturated heterocycles. The Morgan fingerprint density at radius 3 is 2.58 bits per heavy atom. The van der Waals surface area contributed by atoms with Gasteiger partial charge in [-0.25, -0.2) is 0 Å². The van der Waals surface area contributed by atoms with Crippen molar-refractivity contribution in [1.82, 2.24) is 4.90 Å². The first-order chi connectivity index (χ1) is 11.8. The maximum absolute atomic E-state index is 2.26. The molecule has 0 fully saturated rings. The SMILES string of the molecule is CC=CC1=C(c2cccc3c2Cc2ccccc2-3)N(C)C=CC=C1. The summed E-state index contributed by atoms with van der Waals surface area (Å²) in [7, 11) is 2.13. The number of benzene rings is 2. The molecular formula is C23H21N. The lowest BCUT2D eigenvalue weighted by atomic mass is 9.95. The predicted octanol–water partition coefficient (Wildman–Crippen LogP) is 5.56. The standard InChI is InChI=1S/C23H21N/c1-3-9-17-10-6-7-15-24(2)23(17)21-14-8-13-20-19-12-5-4-11-18(19)16-22(20)21/h3-15H,16H2,1-2H3. The Balaban J connectivity index is 1.95. The zero-order valence-corrected chi connectivity index (χ0v) is 14.2. The monoisotopic (exact) mass is 311 g/mol. The van der Waals surface area contributed by atoms with Crippen molar-refractivity contribution < 1.29 is 0 Å². The molecule has 0 N–H and O–H groups in total. The van der Waals surface area contributed by atoms with E-state index in [9.17, 15) is 0 Å². The van der Waals surface area contributed by atoms with Crippen LogP contribution in [0.2, 0.25) is 0 Å². The molecule has 0 saturated carbocycles. The van der Waals surface area contributed by atoms with E-state index in [0.717, 1.165) is 6.42 Å². The molecule has 0 bridgehead atoms. The summed E-state index contributed by atoms with van der Waals surface area (Å²) in [4.78, 5) is 2.23. The van der Waals surface area contributed by atoms with E-state index >= 15 is 0 Å². The van der Waals surface area contributed by atoms with Gasteiger partial charge in [-0.15, -0.1) is 0 Å². The first kappa shape index (κ1) is 14.8. The van der Waals surface area contributed by atoms with Gasteiger partial charge in [-0.3, -0.25) is 0 Å². The van der Waals surface area contributed by atoms with Gasteiger partial charge >= 0.3 is 0 Å². The summed E-state index contributed by atoms with van der Waals surface area (Å²) in [5.41, 5.74) is 9.46. The number of fused-ring (bicyclic) bond motifs is 3. The molecular weight excluding hydrogens is 290 g/mol. The third-order valence-corrected chi connectivity index (χ3v) is 4.77. The molecule has 0 unspecified atom stereocenters. The van der Waals surface area contributed by atoms with Crippen molar-refractivity contribution in [3.05, 3.63) is 101 Å². The molecule has 2 aromatic rings. The van der Waals surface area contributed by atoms with Crippen LogP contribution in [0, 0.1) is 0 Å². The Morgan fingerprint density at radius 1 is 0.917 bits per heavy atom. The van der Waals surface area contributed by atoms with Crippen molar-refractivity contribution in [2.24, 2.45) is 0 Å². The smallest absolute Gasteiger partial charge is 0.0553 e. The normalized spacial score (nSPS) is 15.8. The first-order valence-corrected chi connectivity index (χ1v) is 8.45. The number of hydrogen-bond donors (Lipinski definition) is 0. The molecule has 1 aliphatic heterocycles. The van der Waals surface area contributed by atoms with Gasteiger partial charge in [0.15, 0.2) is 0 Å². The van der Waals surface area contributed by atoms with Crippen LogP contribution in [0.15, 0.2) is 84.6 Å². The summed E-state index contributed by atoms with van der Waals surface area (Å²) in [6.45, 7) is 2.07. The van der Waals surface area contributed by atoms with Crippen molar-refractivity contribution in [2.75, 3.05) is 7.05 Å². The fourth-order valence-corrected chi connectivity index (χ4v) is 3.73. The molecule has 24 heavy (non-hydrogen) atoms. The van der Waals surface area contributed by atoms with Gasteiger partial charge in [0.1, 0.15) is 0 Å². The maximum Gasteiger partial charge on any atom is 0.0553 e. The van der Waals surface area contributed by atoms with Crippen LogP contribution in [-0.4, -0.2) is 11.9 Å². The number of allylic oxidation sites excluding steroid dienone is 6. The Morgan fingerprint density at radius 2 is 1.71 bits per heavy atom. The summed E-state index contributed by atoms with van der Waals surface area (Å²) in [6, 6.07) is 15.4. The van der Waals surface area contributed by atoms with E-state index in [1.54, 1.807) is 0 Å². The molecule has 1 aliphatic carbocycles. The zero-order chi connectivity index (χ0) is 16.5. The van der Waals surface area contributed by atoms with Gasteiger partial charge in [-0.2, -0.15) is 0 Å². The highest BCUT2D eigenvalue weighted by Gasteiger charge is 2.23. The Labute approximate surface area is 143 Å². The van der Waals surface area contributed by atoms with Crippen LogP contribution in [-0.2, 0) is 6.42 Å². The second kappa shape index (κ2) is 6.01. The second-order valence-electron chi connectivity index (χ2n) is 6.28. The van der Waals surface area contributed by atoms with Crippen molar-refractivity contribution >= 4 is 5.70 Å². The summed E-state index contributed by atoms with van der Waals surface area (Å²) >= 11 is 0. The van der Waals surface area contributed by atoms with Gasteiger partial charge in [0.2, 0.25) is 0 Å². The van der Waals surface area contributed by atoms with Gasteiger partial charge in [-0.1, -0.05) is 66.8 Å². The van der Waals surface area contributed by atoms with Crippen LogP contribution >= 0.6 is 0 Å². The third-order valence-electron chi connectivity index (χ3n) is 4.77. The average Bonchev–Trinajstić information content (AvgIpc) is 2.88. The third kappa shape index (κ3) is 2.33. The molecule has 0 radical (unpaired) electrons. The molecule has 0 amide bonds. The first-order valence-electron chi connectivity index (χ1n) is 8.45. The van der Waals surface area contributed by atoms with E-state index in [-0.39, 0.29) is 0 Å². The van der Waals surface area contributed by atoms with Gasteiger partial charge < -0.3 is 4.90 Å². The molecule has 2 aromatic carbocycles. The summed E-state index contributed by atoms with van der Waals surface area (Å²) in [5.74, 6) is 0. The molecule has 0 aromatic heterocycles. The van der Waals surface area contributed by atoms with Crippen LogP contribution in [0.25, 0.3) is 16.8 Å². The van der Waals surface area contributed by atoms with E-state index < -0.39 is 0 Å². The van der Waals surface area contributed by atoms with Crippen molar-refractivity contribution in [1.29, 1.82) is 0 Å². The minimum atomic E-state index is 1.01. The molecule has 2 aliphatic rings. The van der Waals surface area contributed by atoms with Gasteiger partial charge in [0.05, 0.1) is 5.70 Å². The molecule has 118 valence electrons. The molecule has 0 atom stereocenters. The number of nitrogens with zero attached hydrogens (tertiary/aromatic N) is 1. The number of rotatable bonds is 2. The Kier molecular flexibility index (Phi) is 3.70. The Hall–Kier alpha value is -2.80. The average molecular weight is 311 g/mol. The fourth-order valence-electron chi connectivity index (χ4n) is 3.73. The van der Waals surface area contributed by atoms with Crippen LogP contribution < -0.4 is 0 Å². The lowest BCUT2D eigenvalue weighted by molar-refractivity contribution is 0.653. The van der Waals surface area contributed by atoms with Gasteiger partial charge in [-0.05, 0) is 47.2 Å². The highest BCUT2D eigenvalue weighted by Crippen LogP contribution is 2.41. The van der Waals surface area contributed by atoms with Gasteiger partial charge in [0, 0.05) is 18.8 Å². The van der Waals surface area contributed by atoms with E-state index in [1.807, 2.05) is 0 Å². The van der Waals surface area contributed by atoms with E-state index in [1.165, 1.54) is 39.1 Å². The lowest BCUT2D eigenvalue weighted by Crippen LogP contribution is -2.12. The number of hydrogen-bond acceptors (Lipinski definition) is 1. The minimum Gasteiger partial charge on any atom is -0.350 e. The molecule has 1 heterocycles. The van der Waals surface area contributed by atoms with Crippen molar-refractivity contribution in [3.8, 4) is 11.1 Å². The zero-order valence-electron chi connectivity index (χ0n) is 14.2. The van der Waals surface area contributed by atoms with E-state index in [4.69, 9.17) is 0 Å². The molecule has 1 nitrogen and oxygen atoms in total. The summed E-state index contributed by atoms with van der Waals surface area (Å²) in [5, 5.41) is 0. The molecule has 0 spiro atoms. The van der Waals surface area contributed by atoms with Crippen molar-refractivity contribution in [3.63, 3.8) is 0 Å². The second-order valence-corrected chi connectivity index (χ2v) is 6.28. The molecule has 1 heteroatoms. The van der Waals surface area contributed by atoms with Crippen LogP contribution in [0.5, 0.6) is 0 Å². The topological polar surface area (TPSA) is 3.24 Å². The fraction of sp³-hybridized carbons (Fsp3) is 0.130. The van der Waals surface area contributed by atoms with Crippen LogP contribution in [0.4, 0.5) is 0 Å². The van der Waals surface area contributed by atoms with Crippen LogP contribution in [0.3, 0.4) is 0 Å². The Bertz CT molecular complexity index is 909. The highest BCUT2D eigenvalue weighted by atomic mass is 15.1. The molecule has 4 rings (SSSR count). The summed E-state index contributed by atoms with van der Waals surface area (Å²) < 4.78 is 0. The maximum atomic E-state index is 2.26. The summed E-state index contributed by atoms with van der Waals surface area (Å²) in [6.07, 6.45) is 13.8. The van der Waals surface area contributed by atoms with Crippen molar-refractivity contribution in [2.45, 2.75) is 13.3 Å². The lowest BCUT2D eigenvalue weighted by Gasteiger charge is -2.22. The van der Waals surface area contributed by atoms with Crippen LogP contribution in [0.1, 0.15) is 23.6 Å². The minimum absolute atomic E-state index is 1.01. The largest absolute Gasteiger partial charge is 0.350 e. The van der Waals surface area contributed by atoms with E-state index in [2.05, 4.69) is 97.9 Å². The highest BCUT2D eigenvalue weighted by molar-refractivity contribution is 5.85. The quantitative estimate of drug-likeness (QED) is 0.599. The van der Waals surface area contributed by atoms with E-state index in [0.29, 0.717) is 0 Å². The predicted molar refractivity (Wildman–Crippen MR) is 102 cm³/mol. The van der Waals surface area contributed by atoms with Gasteiger partial charge in [0.25, 0.3) is 0 Å².